The zero-order chi connectivity index (χ0) is 15.1. The van der Waals surface area contributed by atoms with Gasteiger partial charge >= 0.3 is 0 Å². The average Bonchev–Trinajstić information content (AvgIpc) is 2.54. The van der Waals surface area contributed by atoms with E-state index >= 15 is 0 Å². The Kier molecular flexibility index (Phi) is 5.05. The van der Waals surface area contributed by atoms with Crippen LogP contribution in [0.4, 0.5) is 0 Å². The van der Waals surface area contributed by atoms with Crippen LogP contribution in [-0.4, -0.2) is 22.8 Å². The summed E-state index contributed by atoms with van der Waals surface area (Å²) in [5.74, 6) is 0.100. The molecule has 0 saturated heterocycles. The summed E-state index contributed by atoms with van der Waals surface area (Å²) in [5, 5.41) is 8.76. The molecule has 4 nitrogen and oxygen atoms in total. The Morgan fingerprint density at radius 3 is 2.62 bits per heavy atom. The summed E-state index contributed by atoms with van der Waals surface area (Å²) in [5.41, 5.74) is 2.72. The first-order valence-electron chi connectivity index (χ1n) is 6.81. The Morgan fingerprint density at radius 1 is 1.24 bits per heavy atom. The number of nitriles is 1. The van der Waals surface area contributed by atoms with Crippen molar-refractivity contribution in [2.75, 3.05) is 7.05 Å². The van der Waals surface area contributed by atoms with E-state index in [1.165, 1.54) is 0 Å². The van der Waals surface area contributed by atoms with Gasteiger partial charge in [-0.2, -0.15) is 5.26 Å². The summed E-state index contributed by atoms with van der Waals surface area (Å²) >= 11 is 0. The lowest BCUT2D eigenvalue weighted by Crippen LogP contribution is -2.26. The lowest BCUT2D eigenvalue weighted by Gasteiger charge is -2.17. The van der Waals surface area contributed by atoms with E-state index in [1.54, 1.807) is 36.5 Å². The molecule has 1 heterocycles. The SMILES string of the molecule is CN(Cc1ccc(C#N)cc1)C(=O)CCc1cccnc1. The van der Waals surface area contributed by atoms with Gasteiger partial charge in [0.1, 0.15) is 0 Å². The van der Waals surface area contributed by atoms with Crippen LogP contribution in [0, 0.1) is 11.3 Å². The molecule has 0 radical (unpaired) electrons. The fourth-order valence-electron chi connectivity index (χ4n) is 2.03. The number of benzene rings is 1. The van der Waals surface area contributed by atoms with Gasteiger partial charge in [0.25, 0.3) is 0 Å². The quantitative estimate of drug-likeness (QED) is 0.845. The first-order valence-corrected chi connectivity index (χ1v) is 6.81. The van der Waals surface area contributed by atoms with Crippen molar-refractivity contribution in [2.45, 2.75) is 19.4 Å². The highest BCUT2D eigenvalue weighted by Crippen LogP contribution is 2.08. The van der Waals surface area contributed by atoms with Gasteiger partial charge in [-0.25, -0.2) is 0 Å². The molecule has 0 saturated carbocycles. The van der Waals surface area contributed by atoms with Crippen LogP contribution in [-0.2, 0) is 17.8 Å². The summed E-state index contributed by atoms with van der Waals surface area (Å²) in [4.78, 5) is 17.8. The van der Waals surface area contributed by atoms with E-state index in [2.05, 4.69) is 11.1 Å². The van der Waals surface area contributed by atoms with Crippen LogP contribution in [0.15, 0.2) is 48.8 Å². The van der Waals surface area contributed by atoms with E-state index in [-0.39, 0.29) is 5.91 Å². The first kappa shape index (κ1) is 14.7. The van der Waals surface area contributed by atoms with Gasteiger partial charge in [0, 0.05) is 32.4 Å². The molecule has 0 bridgehead atoms. The number of aromatic nitrogens is 1. The van der Waals surface area contributed by atoms with Crippen LogP contribution in [0.25, 0.3) is 0 Å². The number of aryl methyl sites for hydroxylation is 1. The van der Waals surface area contributed by atoms with Gasteiger partial charge in [-0.3, -0.25) is 9.78 Å². The molecule has 1 amide bonds. The minimum Gasteiger partial charge on any atom is -0.341 e. The number of carbonyl (C=O) groups is 1. The molecule has 2 aromatic rings. The van der Waals surface area contributed by atoms with E-state index in [1.807, 2.05) is 24.3 Å². The highest BCUT2D eigenvalue weighted by molar-refractivity contribution is 5.76. The van der Waals surface area contributed by atoms with Crippen LogP contribution < -0.4 is 0 Å². The van der Waals surface area contributed by atoms with Crippen LogP contribution in [0.3, 0.4) is 0 Å². The fourth-order valence-corrected chi connectivity index (χ4v) is 2.03. The average molecular weight is 279 g/mol. The van der Waals surface area contributed by atoms with E-state index in [4.69, 9.17) is 5.26 Å². The largest absolute Gasteiger partial charge is 0.341 e. The van der Waals surface area contributed by atoms with Crippen molar-refractivity contribution < 1.29 is 4.79 Å². The van der Waals surface area contributed by atoms with Gasteiger partial charge in [-0.1, -0.05) is 18.2 Å². The van der Waals surface area contributed by atoms with E-state index in [0.29, 0.717) is 24.9 Å². The molecule has 2 rings (SSSR count). The lowest BCUT2D eigenvalue weighted by atomic mass is 10.1. The Bertz CT molecular complexity index is 629. The standard InChI is InChI=1S/C17H17N3O/c1-20(13-16-6-4-14(11-18)5-7-16)17(21)9-8-15-3-2-10-19-12-15/h2-7,10,12H,8-9,13H2,1H3. The van der Waals surface area contributed by atoms with Gasteiger partial charge in [0.2, 0.25) is 5.91 Å². The summed E-state index contributed by atoms with van der Waals surface area (Å²) in [6, 6.07) is 13.2. The maximum Gasteiger partial charge on any atom is 0.222 e. The fraction of sp³-hybridized carbons (Fsp3) is 0.235. The minimum atomic E-state index is 0.100. The van der Waals surface area contributed by atoms with Crippen molar-refractivity contribution in [1.82, 2.24) is 9.88 Å². The monoisotopic (exact) mass is 279 g/mol. The zero-order valence-electron chi connectivity index (χ0n) is 12.0. The lowest BCUT2D eigenvalue weighted by molar-refractivity contribution is -0.130. The molecule has 1 aromatic heterocycles. The molecule has 0 fully saturated rings. The summed E-state index contributed by atoms with van der Waals surface area (Å²) in [6.45, 7) is 0.553. The third-order valence-corrected chi connectivity index (χ3v) is 3.28. The molecular weight excluding hydrogens is 262 g/mol. The van der Waals surface area contributed by atoms with Gasteiger partial charge in [-0.05, 0) is 35.7 Å². The Balaban J connectivity index is 1.86. The molecule has 0 atom stereocenters. The van der Waals surface area contributed by atoms with Crippen molar-refractivity contribution in [1.29, 1.82) is 5.26 Å². The van der Waals surface area contributed by atoms with Crippen LogP contribution in [0.1, 0.15) is 23.1 Å². The number of rotatable bonds is 5. The normalized spacial score (nSPS) is 9.90. The van der Waals surface area contributed by atoms with E-state index in [0.717, 1.165) is 11.1 Å². The van der Waals surface area contributed by atoms with Gasteiger partial charge < -0.3 is 4.90 Å². The Labute approximate surface area is 124 Å². The Hall–Kier alpha value is -2.67. The third-order valence-electron chi connectivity index (χ3n) is 3.28. The molecule has 1 aromatic carbocycles. The van der Waals surface area contributed by atoms with Crippen molar-refractivity contribution >= 4 is 5.91 Å². The number of pyridine rings is 1. The molecule has 106 valence electrons. The number of nitrogens with zero attached hydrogens (tertiary/aromatic N) is 3. The van der Waals surface area contributed by atoms with E-state index < -0.39 is 0 Å². The summed E-state index contributed by atoms with van der Waals surface area (Å²) in [6.07, 6.45) is 4.68. The molecule has 0 N–H and O–H groups in total. The van der Waals surface area contributed by atoms with Crippen molar-refractivity contribution in [3.63, 3.8) is 0 Å². The minimum absolute atomic E-state index is 0.100. The predicted octanol–water partition coefficient (Wildman–Crippen LogP) is 2.54. The maximum absolute atomic E-state index is 12.1. The molecule has 0 aliphatic rings. The van der Waals surface area contributed by atoms with Gasteiger partial charge in [0.05, 0.1) is 11.6 Å². The highest BCUT2D eigenvalue weighted by atomic mass is 16.2. The van der Waals surface area contributed by atoms with Gasteiger partial charge in [-0.15, -0.1) is 0 Å². The zero-order valence-corrected chi connectivity index (χ0v) is 12.0. The molecule has 0 spiro atoms. The van der Waals surface area contributed by atoms with Crippen LogP contribution >= 0.6 is 0 Å². The van der Waals surface area contributed by atoms with Crippen LogP contribution in [0.5, 0.6) is 0 Å². The Morgan fingerprint density at radius 2 is 2.00 bits per heavy atom. The van der Waals surface area contributed by atoms with Crippen molar-refractivity contribution in [3.05, 3.63) is 65.5 Å². The molecule has 4 heteroatoms. The smallest absolute Gasteiger partial charge is 0.222 e. The van der Waals surface area contributed by atoms with Gasteiger partial charge in [0.15, 0.2) is 0 Å². The second-order valence-corrected chi connectivity index (χ2v) is 4.92. The second-order valence-electron chi connectivity index (χ2n) is 4.92. The third kappa shape index (κ3) is 4.43. The molecule has 0 aliphatic carbocycles. The number of hydrogen-bond acceptors (Lipinski definition) is 3. The number of amides is 1. The second kappa shape index (κ2) is 7.20. The topological polar surface area (TPSA) is 57.0 Å². The molecule has 0 unspecified atom stereocenters. The predicted molar refractivity (Wildman–Crippen MR) is 80.2 cm³/mol. The highest BCUT2D eigenvalue weighted by Gasteiger charge is 2.09. The number of carbonyl (C=O) groups excluding carboxylic acids is 1. The van der Waals surface area contributed by atoms with E-state index in [9.17, 15) is 4.79 Å². The summed E-state index contributed by atoms with van der Waals surface area (Å²) < 4.78 is 0. The van der Waals surface area contributed by atoms with Crippen molar-refractivity contribution in [3.8, 4) is 6.07 Å². The van der Waals surface area contributed by atoms with Crippen molar-refractivity contribution in [2.24, 2.45) is 0 Å². The molecule has 21 heavy (non-hydrogen) atoms. The number of hydrogen-bond donors (Lipinski definition) is 0. The molecule has 0 aliphatic heterocycles. The summed E-state index contributed by atoms with van der Waals surface area (Å²) in [7, 11) is 1.80. The first-order chi connectivity index (χ1) is 10.2. The molecular formula is C17H17N3O. The van der Waals surface area contributed by atoms with Crippen LogP contribution in [0.2, 0.25) is 0 Å². The maximum atomic E-state index is 12.1.